The molecule has 3 rings (SSSR count). The van der Waals surface area contributed by atoms with Crippen molar-refractivity contribution in [2.45, 2.75) is 19.0 Å². The van der Waals surface area contributed by atoms with Crippen LogP contribution in [0.1, 0.15) is 23.3 Å². The van der Waals surface area contributed by atoms with E-state index in [0.29, 0.717) is 25.9 Å². The van der Waals surface area contributed by atoms with Gasteiger partial charge in [-0.05, 0) is 30.4 Å². The lowest BCUT2D eigenvalue weighted by atomic mass is 9.95. The molecular weight excluding hydrogens is 369 g/mol. The highest BCUT2D eigenvalue weighted by Gasteiger charge is 2.32. The predicted molar refractivity (Wildman–Crippen MR) is 89.6 cm³/mol. The number of piperidine rings is 1. The van der Waals surface area contributed by atoms with Gasteiger partial charge in [-0.1, -0.05) is 6.07 Å². The molecule has 140 valence electrons. The summed E-state index contributed by atoms with van der Waals surface area (Å²) < 4.78 is 36.5. The normalized spacial score (nSPS) is 15.9. The van der Waals surface area contributed by atoms with Crippen molar-refractivity contribution in [1.82, 2.24) is 20.4 Å². The molecule has 0 atom stereocenters. The number of aromatic amines is 1. The number of carbonyl (C=O) groups is 2. The Bertz CT molecular complexity index is 765. The molecule has 1 aliphatic rings. The first kappa shape index (κ1) is 18.4. The molecule has 0 bridgehead atoms. The van der Waals surface area contributed by atoms with E-state index in [9.17, 15) is 22.8 Å². The summed E-state index contributed by atoms with van der Waals surface area (Å²) in [7, 11) is 0. The molecule has 0 spiro atoms. The maximum absolute atomic E-state index is 12.5. The van der Waals surface area contributed by atoms with Gasteiger partial charge in [0, 0.05) is 19.0 Å². The van der Waals surface area contributed by atoms with E-state index in [1.165, 1.54) is 11.3 Å². The van der Waals surface area contributed by atoms with Crippen molar-refractivity contribution in [3.8, 4) is 10.6 Å². The second-order valence-corrected chi connectivity index (χ2v) is 6.99. The highest BCUT2D eigenvalue weighted by molar-refractivity contribution is 7.13. The van der Waals surface area contributed by atoms with Crippen molar-refractivity contribution in [1.29, 1.82) is 0 Å². The minimum Gasteiger partial charge on any atom is -0.347 e. The average molecular weight is 386 g/mol. The number of halogens is 3. The maximum atomic E-state index is 12.5. The van der Waals surface area contributed by atoms with E-state index < -0.39 is 24.5 Å². The Kier molecular flexibility index (Phi) is 5.30. The summed E-state index contributed by atoms with van der Waals surface area (Å²) in [5.41, 5.74) is 1.04. The fourth-order valence-corrected chi connectivity index (χ4v) is 3.52. The highest BCUT2D eigenvalue weighted by atomic mass is 32.1. The van der Waals surface area contributed by atoms with Crippen LogP contribution in [-0.4, -0.2) is 52.7 Å². The Morgan fingerprint density at radius 2 is 2.08 bits per heavy atom. The smallest absolute Gasteiger partial charge is 0.347 e. The molecule has 0 unspecified atom stereocenters. The van der Waals surface area contributed by atoms with Crippen molar-refractivity contribution in [2.75, 3.05) is 19.6 Å². The monoisotopic (exact) mass is 386 g/mol. The van der Waals surface area contributed by atoms with Crippen LogP contribution < -0.4 is 5.32 Å². The van der Waals surface area contributed by atoms with Crippen LogP contribution in [-0.2, 0) is 4.79 Å². The van der Waals surface area contributed by atoms with Crippen molar-refractivity contribution in [3.05, 3.63) is 29.3 Å². The van der Waals surface area contributed by atoms with Crippen molar-refractivity contribution in [3.63, 3.8) is 0 Å². The molecule has 3 heterocycles. The summed E-state index contributed by atoms with van der Waals surface area (Å²) in [5, 5.41) is 10.7. The summed E-state index contributed by atoms with van der Waals surface area (Å²) in [5.74, 6) is -1.38. The van der Waals surface area contributed by atoms with Gasteiger partial charge in [0.2, 0.25) is 5.91 Å². The number of nitrogens with one attached hydrogen (secondary N) is 2. The number of amides is 2. The second kappa shape index (κ2) is 7.48. The van der Waals surface area contributed by atoms with E-state index in [-0.39, 0.29) is 11.6 Å². The number of likely N-dealkylation sites (tertiary alicyclic amines) is 1. The third kappa shape index (κ3) is 4.43. The molecule has 0 radical (unpaired) electrons. The lowest BCUT2D eigenvalue weighted by Crippen LogP contribution is -2.44. The number of rotatable bonds is 4. The van der Waals surface area contributed by atoms with E-state index in [0.717, 1.165) is 10.6 Å². The zero-order chi connectivity index (χ0) is 18.7. The third-order valence-electron chi connectivity index (χ3n) is 4.20. The van der Waals surface area contributed by atoms with Gasteiger partial charge in [-0.15, -0.1) is 11.3 Å². The van der Waals surface area contributed by atoms with Gasteiger partial charge in [0.25, 0.3) is 5.91 Å². The van der Waals surface area contributed by atoms with Crippen LogP contribution in [0.5, 0.6) is 0 Å². The van der Waals surface area contributed by atoms with Gasteiger partial charge < -0.3 is 10.2 Å². The van der Waals surface area contributed by atoms with Gasteiger partial charge >= 0.3 is 6.18 Å². The van der Waals surface area contributed by atoms with Crippen LogP contribution in [0.15, 0.2) is 23.6 Å². The summed E-state index contributed by atoms with van der Waals surface area (Å²) in [6.07, 6.45) is -3.76. The Morgan fingerprint density at radius 3 is 2.69 bits per heavy atom. The van der Waals surface area contributed by atoms with Gasteiger partial charge in [0.15, 0.2) is 5.69 Å². The Morgan fingerprint density at radius 1 is 1.35 bits per heavy atom. The van der Waals surface area contributed by atoms with Gasteiger partial charge in [0.05, 0.1) is 10.6 Å². The molecule has 0 aliphatic carbocycles. The lowest BCUT2D eigenvalue weighted by Gasteiger charge is -2.30. The van der Waals surface area contributed by atoms with Crippen molar-refractivity contribution in [2.24, 2.45) is 5.92 Å². The fourth-order valence-electron chi connectivity index (χ4n) is 2.83. The minimum atomic E-state index is -4.42. The maximum Gasteiger partial charge on any atom is 0.405 e. The number of nitrogens with zero attached hydrogens (tertiary/aromatic N) is 2. The number of thiophene rings is 1. The molecular formula is C16H17F3N4O2S. The highest BCUT2D eigenvalue weighted by Crippen LogP contribution is 2.24. The SMILES string of the molecule is O=C(NCC(F)(F)F)C1CCN(C(=O)c2cc(-c3cccs3)[nH]n2)CC1. The molecule has 1 saturated heterocycles. The van der Waals surface area contributed by atoms with Crippen molar-refractivity contribution < 1.29 is 22.8 Å². The molecule has 2 N–H and O–H groups in total. The second-order valence-electron chi connectivity index (χ2n) is 6.04. The van der Waals surface area contributed by atoms with Crippen LogP contribution in [0, 0.1) is 5.92 Å². The van der Waals surface area contributed by atoms with Gasteiger partial charge in [0.1, 0.15) is 6.54 Å². The van der Waals surface area contributed by atoms with E-state index in [4.69, 9.17) is 0 Å². The molecule has 2 aromatic rings. The lowest BCUT2D eigenvalue weighted by molar-refractivity contribution is -0.141. The predicted octanol–water partition coefficient (Wildman–Crippen LogP) is 2.67. The number of H-pyrrole nitrogens is 1. The number of hydrogen-bond acceptors (Lipinski definition) is 4. The number of hydrogen-bond donors (Lipinski definition) is 2. The topological polar surface area (TPSA) is 78.1 Å². The largest absolute Gasteiger partial charge is 0.405 e. The van der Waals surface area contributed by atoms with Gasteiger partial charge in [-0.25, -0.2) is 0 Å². The first-order valence-electron chi connectivity index (χ1n) is 8.06. The van der Waals surface area contributed by atoms with Gasteiger partial charge in [-0.3, -0.25) is 14.7 Å². The van der Waals surface area contributed by atoms with E-state index >= 15 is 0 Å². The summed E-state index contributed by atoms with van der Waals surface area (Å²) in [6.45, 7) is -0.710. The third-order valence-corrected chi connectivity index (χ3v) is 5.10. The van der Waals surface area contributed by atoms with Crippen molar-refractivity contribution >= 4 is 23.2 Å². The summed E-state index contributed by atoms with van der Waals surface area (Å²) >= 11 is 1.53. The summed E-state index contributed by atoms with van der Waals surface area (Å²) in [6, 6.07) is 5.49. The molecule has 10 heteroatoms. The number of aromatic nitrogens is 2. The summed E-state index contributed by atoms with van der Waals surface area (Å²) in [4.78, 5) is 26.8. The quantitative estimate of drug-likeness (QED) is 0.848. The Balaban J connectivity index is 1.53. The first-order valence-corrected chi connectivity index (χ1v) is 8.94. The molecule has 2 amide bonds. The molecule has 1 aliphatic heterocycles. The molecule has 6 nitrogen and oxygen atoms in total. The fraction of sp³-hybridized carbons (Fsp3) is 0.438. The van der Waals surface area contributed by atoms with Crippen LogP contribution in [0.2, 0.25) is 0 Å². The molecule has 26 heavy (non-hydrogen) atoms. The van der Waals surface area contributed by atoms with Gasteiger partial charge in [-0.2, -0.15) is 18.3 Å². The number of carbonyl (C=O) groups excluding carboxylic acids is 2. The van der Waals surface area contributed by atoms with Crippen LogP contribution in [0.25, 0.3) is 10.6 Å². The van der Waals surface area contributed by atoms with Crippen LogP contribution in [0.3, 0.4) is 0 Å². The molecule has 1 fully saturated rings. The molecule has 2 aromatic heterocycles. The number of alkyl halides is 3. The zero-order valence-corrected chi connectivity index (χ0v) is 14.5. The minimum absolute atomic E-state index is 0.252. The molecule has 0 saturated carbocycles. The van der Waals surface area contributed by atoms with E-state index in [1.807, 2.05) is 22.8 Å². The van der Waals surface area contributed by atoms with Crippen LogP contribution in [0.4, 0.5) is 13.2 Å². The van der Waals surface area contributed by atoms with E-state index in [2.05, 4.69) is 10.2 Å². The first-order chi connectivity index (χ1) is 12.3. The average Bonchev–Trinajstić information content (AvgIpc) is 3.29. The molecule has 0 aromatic carbocycles. The Hall–Kier alpha value is -2.36. The zero-order valence-electron chi connectivity index (χ0n) is 13.7. The standard InChI is InChI=1S/C16H17F3N4O2S/c17-16(18,19)9-20-14(24)10-3-5-23(6-4-10)15(25)12-8-11(21-22-12)13-2-1-7-26-13/h1-2,7-8,10H,3-6,9H2,(H,20,24)(H,21,22). The van der Waals surface area contributed by atoms with E-state index in [1.54, 1.807) is 11.0 Å². The Labute approximate surface area is 151 Å². The van der Waals surface area contributed by atoms with Crippen LogP contribution >= 0.6 is 11.3 Å².